The molecule has 0 spiro atoms. The molecule has 1 aliphatic heterocycles. The fraction of sp³-hybridized carbons (Fsp3) is 0.571. The molecule has 1 aliphatic rings. The Morgan fingerprint density at radius 1 is 1.12 bits per heavy atom. The van der Waals surface area contributed by atoms with Crippen LogP contribution in [0.1, 0.15) is 31.9 Å². The largest absolute Gasteiger partial charge is 0.344 e. The van der Waals surface area contributed by atoms with Gasteiger partial charge in [0.15, 0.2) is 5.79 Å². The van der Waals surface area contributed by atoms with Gasteiger partial charge in [0.05, 0.1) is 13.2 Å². The molecule has 1 fully saturated rings. The Labute approximate surface area is 97.6 Å². The van der Waals surface area contributed by atoms with Crippen molar-refractivity contribution in [1.82, 2.24) is 0 Å². The summed E-state index contributed by atoms with van der Waals surface area (Å²) in [5.74, 6) is 0.163. The van der Waals surface area contributed by atoms with Crippen LogP contribution in [0.15, 0.2) is 24.3 Å². The Hall–Kier alpha value is -0.860. The first-order valence-corrected chi connectivity index (χ1v) is 5.97. The van der Waals surface area contributed by atoms with Gasteiger partial charge in [0.1, 0.15) is 0 Å². The minimum absolute atomic E-state index is 0.531. The van der Waals surface area contributed by atoms with E-state index in [9.17, 15) is 0 Å². The van der Waals surface area contributed by atoms with E-state index in [0.717, 1.165) is 12.0 Å². The minimum atomic E-state index is -0.531. The minimum Gasteiger partial charge on any atom is -0.344 e. The summed E-state index contributed by atoms with van der Waals surface area (Å²) in [4.78, 5) is 0. The van der Waals surface area contributed by atoms with Crippen molar-refractivity contribution in [2.75, 3.05) is 13.2 Å². The molecule has 0 atom stereocenters. The van der Waals surface area contributed by atoms with Gasteiger partial charge in [-0.1, -0.05) is 38.1 Å². The average Bonchev–Trinajstić information content (AvgIpc) is 2.66. The van der Waals surface area contributed by atoms with Gasteiger partial charge in [-0.15, -0.1) is 0 Å². The smallest absolute Gasteiger partial charge is 0.192 e. The molecule has 0 unspecified atom stereocenters. The molecular formula is C14H20O2. The van der Waals surface area contributed by atoms with Gasteiger partial charge in [0.2, 0.25) is 0 Å². The molecule has 0 aromatic heterocycles. The quantitative estimate of drug-likeness (QED) is 0.779. The third-order valence-electron chi connectivity index (χ3n) is 2.96. The second-order valence-corrected chi connectivity index (χ2v) is 4.94. The summed E-state index contributed by atoms with van der Waals surface area (Å²) in [6.45, 7) is 7.82. The van der Waals surface area contributed by atoms with E-state index in [0.29, 0.717) is 19.1 Å². The summed E-state index contributed by atoms with van der Waals surface area (Å²) in [6.07, 6.45) is 1.12. The van der Waals surface area contributed by atoms with E-state index >= 15 is 0 Å². The highest BCUT2D eigenvalue weighted by molar-refractivity contribution is 5.26. The Morgan fingerprint density at radius 2 is 1.69 bits per heavy atom. The monoisotopic (exact) mass is 220 g/mol. The first-order valence-electron chi connectivity index (χ1n) is 5.97. The number of rotatable bonds is 3. The van der Waals surface area contributed by atoms with E-state index in [1.165, 1.54) is 5.56 Å². The molecule has 0 bridgehead atoms. The zero-order valence-corrected chi connectivity index (χ0v) is 10.3. The second-order valence-electron chi connectivity index (χ2n) is 4.94. The predicted octanol–water partition coefficient (Wildman–Crippen LogP) is 3.10. The SMILES string of the molecule is CC(C)Cc1ccc(C2(C)OCCO2)cc1. The van der Waals surface area contributed by atoms with Gasteiger partial charge in [-0.2, -0.15) is 0 Å². The average molecular weight is 220 g/mol. The maximum Gasteiger partial charge on any atom is 0.192 e. The zero-order chi connectivity index (χ0) is 11.6. The van der Waals surface area contributed by atoms with E-state index in [1.807, 2.05) is 6.92 Å². The highest BCUT2D eigenvalue weighted by Crippen LogP contribution is 2.30. The fourth-order valence-corrected chi connectivity index (χ4v) is 2.10. The van der Waals surface area contributed by atoms with E-state index in [2.05, 4.69) is 38.1 Å². The van der Waals surface area contributed by atoms with Gasteiger partial charge in [-0.3, -0.25) is 0 Å². The highest BCUT2D eigenvalue weighted by Gasteiger charge is 2.32. The molecular weight excluding hydrogens is 200 g/mol. The molecule has 88 valence electrons. The third-order valence-corrected chi connectivity index (χ3v) is 2.96. The maximum atomic E-state index is 5.63. The molecule has 1 saturated heterocycles. The molecule has 1 heterocycles. The number of ether oxygens (including phenoxy) is 2. The molecule has 2 rings (SSSR count). The lowest BCUT2D eigenvalue weighted by molar-refractivity contribution is -0.149. The van der Waals surface area contributed by atoms with Gasteiger partial charge in [0.25, 0.3) is 0 Å². The van der Waals surface area contributed by atoms with Gasteiger partial charge < -0.3 is 9.47 Å². The van der Waals surface area contributed by atoms with E-state index in [-0.39, 0.29) is 0 Å². The number of hydrogen-bond acceptors (Lipinski definition) is 2. The zero-order valence-electron chi connectivity index (χ0n) is 10.3. The third kappa shape index (κ3) is 2.45. The highest BCUT2D eigenvalue weighted by atomic mass is 16.7. The number of hydrogen-bond donors (Lipinski definition) is 0. The topological polar surface area (TPSA) is 18.5 Å². The Bertz CT molecular complexity index is 334. The van der Waals surface area contributed by atoms with Crippen LogP contribution in [0.25, 0.3) is 0 Å². The predicted molar refractivity (Wildman–Crippen MR) is 64.2 cm³/mol. The second kappa shape index (κ2) is 4.56. The van der Waals surface area contributed by atoms with E-state index in [4.69, 9.17) is 9.47 Å². The van der Waals surface area contributed by atoms with Crippen LogP contribution in [0, 0.1) is 5.92 Å². The van der Waals surface area contributed by atoms with Gasteiger partial charge >= 0.3 is 0 Å². The molecule has 2 nitrogen and oxygen atoms in total. The maximum absolute atomic E-state index is 5.63. The lowest BCUT2D eigenvalue weighted by atomic mass is 9.99. The summed E-state index contributed by atoms with van der Waals surface area (Å²) in [5, 5.41) is 0. The first-order chi connectivity index (χ1) is 7.60. The van der Waals surface area contributed by atoms with Crippen molar-refractivity contribution in [3.05, 3.63) is 35.4 Å². The van der Waals surface area contributed by atoms with E-state index < -0.39 is 5.79 Å². The van der Waals surface area contributed by atoms with Crippen molar-refractivity contribution in [3.63, 3.8) is 0 Å². The summed E-state index contributed by atoms with van der Waals surface area (Å²) in [7, 11) is 0. The van der Waals surface area contributed by atoms with E-state index in [1.54, 1.807) is 0 Å². The van der Waals surface area contributed by atoms with Gasteiger partial charge in [-0.25, -0.2) is 0 Å². The van der Waals surface area contributed by atoms with Crippen LogP contribution in [-0.2, 0) is 21.7 Å². The molecule has 2 heteroatoms. The lowest BCUT2D eigenvalue weighted by Gasteiger charge is -2.22. The van der Waals surface area contributed by atoms with Crippen LogP contribution in [0.4, 0.5) is 0 Å². The van der Waals surface area contributed by atoms with Crippen molar-refractivity contribution in [1.29, 1.82) is 0 Å². The lowest BCUT2D eigenvalue weighted by Crippen LogP contribution is -2.22. The Morgan fingerprint density at radius 3 is 2.19 bits per heavy atom. The van der Waals surface area contributed by atoms with Crippen LogP contribution >= 0.6 is 0 Å². The summed E-state index contributed by atoms with van der Waals surface area (Å²) >= 11 is 0. The van der Waals surface area contributed by atoms with Crippen molar-refractivity contribution >= 4 is 0 Å². The van der Waals surface area contributed by atoms with Crippen molar-refractivity contribution in [2.45, 2.75) is 33.0 Å². The van der Waals surface area contributed by atoms with Crippen molar-refractivity contribution in [2.24, 2.45) is 5.92 Å². The standard InChI is InChI=1S/C14H20O2/c1-11(2)10-12-4-6-13(7-5-12)14(3)15-8-9-16-14/h4-7,11H,8-10H2,1-3H3. The molecule has 1 aromatic carbocycles. The van der Waals surface area contributed by atoms with Crippen LogP contribution in [0.3, 0.4) is 0 Å². The van der Waals surface area contributed by atoms with Crippen LogP contribution in [0.5, 0.6) is 0 Å². The molecule has 0 N–H and O–H groups in total. The molecule has 0 aliphatic carbocycles. The normalized spacial score (nSPS) is 19.2. The molecule has 1 aromatic rings. The fourth-order valence-electron chi connectivity index (χ4n) is 2.10. The Kier molecular flexibility index (Phi) is 3.31. The summed E-state index contributed by atoms with van der Waals surface area (Å²) < 4.78 is 11.3. The van der Waals surface area contributed by atoms with Crippen LogP contribution < -0.4 is 0 Å². The molecule has 0 radical (unpaired) electrons. The molecule has 0 saturated carbocycles. The van der Waals surface area contributed by atoms with Gasteiger partial charge in [-0.05, 0) is 24.8 Å². The first kappa shape index (κ1) is 11.6. The summed E-state index contributed by atoms with van der Waals surface area (Å²) in [5.41, 5.74) is 2.48. The van der Waals surface area contributed by atoms with Crippen molar-refractivity contribution in [3.8, 4) is 0 Å². The molecule has 0 amide bonds. The number of benzene rings is 1. The van der Waals surface area contributed by atoms with Crippen LogP contribution in [-0.4, -0.2) is 13.2 Å². The van der Waals surface area contributed by atoms with Crippen molar-refractivity contribution < 1.29 is 9.47 Å². The van der Waals surface area contributed by atoms with Crippen LogP contribution in [0.2, 0.25) is 0 Å². The Balaban J connectivity index is 2.12. The van der Waals surface area contributed by atoms with Gasteiger partial charge in [0, 0.05) is 5.56 Å². The summed E-state index contributed by atoms with van der Waals surface area (Å²) in [6, 6.07) is 8.57. The molecule has 16 heavy (non-hydrogen) atoms.